The monoisotopic (exact) mass is 519 g/mol. The molecule has 0 aliphatic carbocycles. The molecule has 5 rings (SSSR count). The average Bonchev–Trinajstić information content (AvgIpc) is 3.23. The molecular formula is C31H25N3O3S. The number of nitrogens with zero attached hydrogens (tertiary/aromatic N) is 2. The van der Waals surface area contributed by atoms with Crippen LogP contribution >= 0.6 is 11.8 Å². The maximum atomic E-state index is 13.6. The van der Waals surface area contributed by atoms with E-state index in [0.29, 0.717) is 27.1 Å². The van der Waals surface area contributed by atoms with Crippen LogP contribution in [-0.4, -0.2) is 23.6 Å². The van der Waals surface area contributed by atoms with Gasteiger partial charge in [-0.3, -0.25) is 14.5 Å². The first kappa shape index (κ1) is 25.0. The predicted molar refractivity (Wildman–Crippen MR) is 155 cm³/mol. The second-order valence-corrected chi connectivity index (χ2v) is 9.57. The van der Waals surface area contributed by atoms with E-state index in [9.17, 15) is 9.59 Å². The van der Waals surface area contributed by atoms with E-state index >= 15 is 0 Å². The van der Waals surface area contributed by atoms with Gasteiger partial charge in [-0.1, -0.05) is 66.7 Å². The molecule has 1 saturated heterocycles. The van der Waals surface area contributed by atoms with Gasteiger partial charge in [0.05, 0.1) is 16.3 Å². The van der Waals surface area contributed by atoms with Crippen LogP contribution in [0.3, 0.4) is 0 Å². The van der Waals surface area contributed by atoms with Gasteiger partial charge in [-0.15, -0.1) is 0 Å². The first-order valence-electron chi connectivity index (χ1n) is 12.1. The van der Waals surface area contributed by atoms with E-state index in [-0.39, 0.29) is 18.4 Å². The van der Waals surface area contributed by atoms with Crippen molar-refractivity contribution in [1.82, 2.24) is 0 Å². The summed E-state index contributed by atoms with van der Waals surface area (Å²) in [5.41, 5.74) is 3.96. The Kier molecular flexibility index (Phi) is 7.66. The molecule has 1 aliphatic rings. The van der Waals surface area contributed by atoms with E-state index in [0.717, 1.165) is 16.9 Å². The highest BCUT2D eigenvalue weighted by Gasteiger charge is 2.34. The number of carbonyl (C=O) groups excluding carboxylic acids is 2. The average molecular weight is 520 g/mol. The molecule has 0 atom stereocenters. The van der Waals surface area contributed by atoms with Gasteiger partial charge in [-0.05, 0) is 72.8 Å². The summed E-state index contributed by atoms with van der Waals surface area (Å²) < 4.78 is 5.86. The number of ether oxygens (including phenoxy) is 1. The van der Waals surface area contributed by atoms with E-state index in [4.69, 9.17) is 9.73 Å². The third-order valence-electron chi connectivity index (χ3n) is 5.67. The lowest BCUT2D eigenvalue weighted by Crippen LogP contribution is -2.28. The van der Waals surface area contributed by atoms with E-state index in [2.05, 4.69) is 5.32 Å². The summed E-state index contributed by atoms with van der Waals surface area (Å²) in [5.74, 6) is 0.0623. The van der Waals surface area contributed by atoms with Crippen LogP contribution in [0.1, 0.15) is 11.1 Å². The number of carbonyl (C=O) groups is 2. The quantitative estimate of drug-likeness (QED) is 0.272. The maximum Gasteiger partial charge on any atom is 0.271 e. The lowest BCUT2D eigenvalue weighted by Gasteiger charge is -2.15. The number of hydrogen-bond acceptors (Lipinski definition) is 5. The highest BCUT2D eigenvalue weighted by Crippen LogP contribution is 2.38. The van der Waals surface area contributed by atoms with Crippen molar-refractivity contribution in [2.45, 2.75) is 6.92 Å². The zero-order chi connectivity index (χ0) is 26.3. The molecule has 4 aromatic rings. The van der Waals surface area contributed by atoms with Crippen LogP contribution in [0.5, 0.6) is 5.75 Å². The molecule has 0 radical (unpaired) electrons. The van der Waals surface area contributed by atoms with Crippen LogP contribution in [0.4, 0.5) is 17.1 Å². The highest BCUT2D eigenvalue weighted by atomic mass is 32.2. The molecule has 1 heterocycles. The molecule has 0 spiro atoms. The molecule has 0 saturated carbocycles. The van der Waals surface area contributed by atoms with E-state index in [1.165, 1.54) is 11.8 Å². The summed E-state index contributed by atoms with van der Waals surface area (Å²) in [6, 6.07) is 33.9. The largest absolute Gasteiger partial charge is 0.483 e. The van der Waals surface area contributed by atoms with Gasteiger partial charge in [0.1, 0.15) is 5.75 Å². The van der Waals surface area contributed by atoms with Crippen molar-refractivity contribution in [3.63, 3.8) is 0 Å². The third-order valence-corrected chi connectivity index (χ3v) is 6.64. The van der Waals surface area contributed by atoms with Crippen molar-refractivity contribution < 1.29 is 14.3 Å². The molecule has 0 bridgehead atoms. The van der Waals surface area contributed by atoms with Gasteiger partial charge in [-0.2, -0.15) is 0 Å². The van der Waals surface area contributed by atoms with Crippen LogP contribution in [0.2, 0.25) is 0 Å². The lowest BCUT2D eigenvalue weighted by molar-refractivity contribution is -0.118. The second kappa shape index (κ2) is 11.6. The molecule has 2 amide bonds. The van der Waals surface area contributed by atoms with Gasteiger partial charge in [0.2, 0.25) is 0 Å². The minimum Gasteiger partial charge on any atom is -0.483 e. The molecule has 1 N–H and O–H groups in total. The van der Waals surface area contributed by atoms with Crippen molar-refractivity contribution in [2.24, 2.45) is 4.99 Å². The van der Waals surface area contributed by atoms with Crippen LogP contribution in [-0.2, 0) is 9.59 Å². The van der Waals surface area contributed by atoms with Crippen LogP contribution in [0, 0.1) is 6.92 Å². The summed E-state index contributed by atoms with van der Waals surface area (Å²) in [7, 11) is 0. The fourth-order valence-electron chi connectivity index (χ4n) is 3.90. The molecular weight excluding hydrogens is 494 g/mol. The van der Waals surface area contributed by atoms with Crippen molar-refractivity contribution in [1.29, 1.82) is 0 Å². The van der Waals surface area contributed by atoms with E-state index in [1.54, 1.807) is 17.0 Å². The Bertz CT molecular complexity index is 1520. The van der Waals surface area contributed by atoms with Gasteiger partial charge in [0.25, 0.3) is 11.8 Å². The summed E-state index contributed by atoms with van der Waals surface area (Å²) in [6.07, 6.45) is 1.78. The standard InChI is InChI=1S/C31H25N3O3S/c1-22-11-10-15-25(19-22)32-29(35)21-37-27-18-9-8-12-23(27)20-28-30(36)34(26-16-6-3-7-17-26)31(38-28)33-24-13-4-2-5-14-24/h2-20H,21H2,1H3,(H,32,35)/b28-20-,33-31?. The minimum atomic E-state index is -0.267. The number of anilines is 2. The van der Waals surface area contributed by atoms with Gasteiger partial charge < -0.3 is 10.1 Å². The Labute approximate surface area is 225 Å². The van der Waals surface area contributed by atoms with Crippen molar-refractivity contribution in [3.05, 3.63) is 125 Å². The SMILES string of the molecule is Cc1cccc(NC(=O)COc2ccccc2/C=C2\SC(=Nc3ccccc3)N(c3ccccc3)C2=O)c1. The Hall–Kier alpha value is -4.62. The molecule has 188 valence electrons. The summed E-state index contributed by atoms with van der Waals surface area (Å²) in [6.45, 7) is 1.80. The first-order valence-corrected chi connectivity index (χ1v) is 12.9. The zero-order valence-electron chi connectivity index (χ0n) is 20.7. The number of rotatable bonds is 7. The summed E-state index contributed by atoms with van der Waals surface area (Å²) >= 11 is 1.30. The first-order chi connectivity index (χ1) is 18.6. The topological polar surface area (TPSA) is 71.0 Å². The Morgan fingerprint density at radius 1 is 0.921 bits per heavy atom. The van der Waals surface area contributed by atoms with Crippen molar-refractivity contribution in [3.8, 4) is 5.75 Å². The van der Waals surface area contributed by atoms with Gasteiger partial charge in [0.15, 0.2) is 11.8 Å². The summed E-state index contributed by atoms with van der Waals surface area (Å²) in [4.78, 5) is 32.9. The van der Waals surface area contributed by atoms with Crippen molar-refractivity contribution in [2.75, 3.05) is 16.8 Å². The Morgan fingerprint density at radius 2 is 1.63 bits per heavy atom. The lowest BCUT2D eigenvalue weighted by atomic mass is 10.2. The normalized spacial score (nSPS) is 15.2. The van der Waals surface area contributed by atoms with Crippen molar-refractivity contribution >= 4 is 51.9 Å². The molecule has 1 fully saturated rings. The van der Waals surface area contributed by atoms with Gasteiger partial charge >= 0.3 is 0 Å². The second-order valence-electron chi connectivity index (χ2n) is 8.56. The van der Waals surface area contributed by atoms with Gasteiger partial charge in [-0.25, -0.2) is 4.99 Å². The Morgan fingerprint density at radius 3 is 2.39 bits per heavy atom. The number of benzene rings is 4. The smallest absolute Gasteiger partial charge is 0.271 e. The fourth-order valence-corrected chi connectivity index (χ4v) is 4.89. The number of thioether (sulfide) groups is 1. The molecule has 0 unspecified atom stereocenters. The van der Waals surface area contributed by atoms with E-state index < -0.39 is 0 Å². The molecule has 38 heavy (non-hydrogen) atoms. The number of aryl methyl sites for hydroxylation is 1. The minimum absolute atomic E-state index is 0.161. The number of para-hydroxylation sites is 3. The predicted octanol–water partition coefficient (Wildman–Crippen LogP) is 6.82. The third kappa shape index (κ3) is 6.02. The number of amides is 2. The van der Waals surface area contributed by atoms with E-state index in [1.807, 2.05) is 110 Å². The van der Waals surface area contributed by atoms with Crippen LogP contribution in [0.25, 0.3) is 6.08 Å². The molecule has 6 nitrogen and oxygen atoms in total. The number of nitrogens with one attached hydrogen (secondary N) is 1. The molecule has 7 heteroatoms. The van der Waals surface area contributed by atoms with Crippen LogP contribution in [0.15, 0.2) is 119 Å². The number of hydrogen-bond donors (Lipinski definition) is 1. The zero-order valence-corrected chi connectivity index (χ0v) is 21.5. The fraction of sp³-hybridized carbons (Fsp3) is 0.0645. The number of aliphatic imine (C=N–C) groups is 1. The maximum absolute atomic E-state index is 13.6. The highest BCUT2D eigenvalue weighted by molar-refractivity contribution is 8.19. The number of amidine groups is 1. The molecule has 0 aromatic heterocycles. The molecule has 1 aliphatic heterocycles. The molecule has 4 aromatic carbocycles. The summed E-state index contributed by atoms with van der Waals surface area (Å²) in [5, 5.41) is 3.41. The van der Waals surface area contributed by atoms with Gasteiger partial charge in [0, 0.05) is 11.3 Å². The Balaban J connectivity index is 1.39. The van der Waals surface area contributed by atoms with Crippen LogP contribution < -0.4 is 15.0 Å².